The molecular weight excluding hydrogens is 208 g/mol. The first kappa shape index (κ1) is 12.0. The van der Waals surface area contributed by atoms with Crippen molar-refractivity contribution in [1.82, 2.24) is 0 Å². The van der Waals surface area contributed by atoms with E-state index in [1.165, 1.54) is 6.07 Å². The van der Waals surface area contributed by atoms with Gasteiger partial charge in [0.05, 0.1) is 0 Å². The Morgan fingerprint density at radius 2 is 1.88 bits per heavy atom. The van der Waals surface area contributed by atoms with Gasteiger partial charge >= 0.3 is 11.6 Å². The van der Waals surface area contributed by atoms with Crippen molar-refractivity contribution in [2.24, 2.45) is 0 Å². The third kappa shape index (κ3) is 3.57. The van der Waals surface area contributed by atoms with Gasteiger partial charge in [0.15, 0.2) is 0 Å². The monoisotopic (exact) mass is 220 g/mol. The van der Waals surface area contributed by atoms with E-state index in [0.717, 1.165) is 5.39 Å². The number of hydrogen-bond acceptors (Lipinski definition) is 3. The van der Waals surface area contributed by atoms with Crippen LogP contribution in [0, 0.1) is 0 Å². The standard InChI is InChI=1S/C9H6O2.C3H6O2/c10-9-6-5-7-3-1-2-4-8(7)11-9;1-2-3(4)5/h1-6H;2H2,1H3,(H,4,5). The fourth-order valence-electron chi connectivity index (χ4n) is 1.01. The molecular formula is C12H12O4. The summed E-state index contributed by atoms with van der Waals surface area (Å²) in [5.74, 6) is -0.745. The fraction of sp³-hybridized carbons (Fsp3) is 0.167. The van der Waals surface area contributed by atoms with Gasteiger partial charge in [0.2, 0.25) is 0 Å². The molecule has 1 heterocycles. The third-order valence-electron chi connectivity index (χ3n) is 1.83. The lowest BCUT2D eigenvalue weighted by Gasteiger charge is -1.91. The number of carboxylic acid groups (broad SMARTS) is 1. The number of carbonyl (C=O) groups is 1. The Morgan fingerprint density at radius 1 is 1.25 bits per heavy atom. The van der Waals surface area contributed by atoms with Gasteiger partial charge in [-0.15, -0.1) is 0 Å². The average molecular weight is 220 g/mol. The van der Waals surface area contributed by atoms with Crippen molar-refractivity contribution in [3.63, 3.8) is 0 Å². The highest BCUT2D eigenvalue weighted by molar-refractivity contribution is 5.75. The number of benzene rings is 1. The molecule has 0 radical (unpaired) electrons. The first-order valence-corrected chi connectivity index (χ1v) is 4.84. The number of fused-ring (bicyclic) bond motifs is 1. The van der Waals surface area contributed by atoms with Crippen LogP contribution in [0.1, 0.15) is 13.3 Å². The molecule has 0 saturated carbocycles. The molecule has 2 aromatic rings. The van der Waals surface area contributed by atoms with Crippen molar-refractivity contribution in [2.75, 3.05) is 0 Å². The first-order valence-electron chi connectivity index (χ1n) is 4.84. The molecule has 2 rings (SSSR count). The van der Waals surface area contributed by atoms with E-state index in [4.69, 9.17) is 9.52 Å². The van der Waals surface area contributed by atoms with Crippen molar-refractivity contribution in [3.05, 3.63) is 46.8 Å². The van der Waals surface area contributed by atoms with Crippen molar-refractivity contribution in [3.8, 4) is 0 Å². The molecule has 0 aliphatic heterocycles. The van der Waals surface area contributed by atoms with E-state index in [9.17, 15) is 9.59 Å². The Bertz CT molecular complexity index is 528. The van der Waals surface area contributed by atoms with Crippen molar-refractivity contribution in [1.29, 1.82) is 0 Å². The van der Waals surface area contributed by atoms with Crippen LogP contribution >= 0.6 is 0 Å². The van der Waals surface area contributed by atoms with Crippen molar-refractivity contribution in [2.45, 2.75) is 13.3 Å². The van der Waals surface area contributed by atoms with Crippen LogP contribution < -0.4 is 5.63 Å². The maximum atomic E-state index is 10.7. The van der Waals surface area contributed by atoms with E-state index >= 15 is 0 Å². The molecule has 0 aliphatic rings. The molecule has 4 heteroatoms. The van der Waals surface area contributed by atoms with Gasteiger partial charge in [-0.2, -0.15) is 0 Å². The molecule has 16 heavy (non-hydrogen) atoms. The Labute approximate surface area is 92.1 Å². The van der Waals surface area contributed by atoms with Gasteiger partial charge < -0.3 is 9.52 Å². The zero-order chi connectivity index (χ0) is 12.0. The summed E-state index contributed by atoms with van der Waals surface area (Å²) in [5.41, 5.74) is 0.337. The van der Waals surface area contributed by atoms with Crippen LogP contribution in [-0.4, -0.2) is 11.1 Å². The van der Waals surface area contributed by atoms with Crippen LogP contribution in [0.4, 0.5) is 0 Å². The van der Waals surface area contributed by atoms with E-state index in [1.54, 1.807) is 19.1 Å². The summed E-state index contributed by atoms with van der Waals surface area (Å²) < 4.78 is 4.91. The van der Waals surface area contributed by atoms with E-state index in [1.807, 2.05) is 18.2 Å². The predicted octanol–water partition coefficient (Wildman–Crippen LogP) is 2.27. The molecule has 0 amide bonds. The highest BCUT2D eigenvalue weighted by atomic mass is 16.4. The van der Waals surface area contributed by atoms with Crippen LogP contribution in [0.3, 0.4) is 0 Å². The van der Waals surface area contributed by atoms with Gasteiger partial charge in [0.1, 0.15) is 5.58 Å². The lowest BCUT2D eigenvalue weighted by molar-refractivity contribution is -0.136. The molecule has 0 unspecified atom stereocenters. The summed E-state index contributed by atoms with van der Waals surface area (Å²) in [7, 11) is 0. The molecule has 1 aromatic carbocycles. The minimum absolute atomic E-state index is 0.222. The van der Waals surface area contributed by atoms with Gasteiger partial charge in [-0.05, 0) is 12.1 Å². The number of para-hydroxylation sites is 1. The molecule has 1 N–H and O–H groups in total. The van der Waals surface area contributed by atoms with Gasteiger partial charge in [0.25, 0.3) is 0 Å². The van der Waals surface area contributed by atoms with E-state index < -0.39 is 5.97 Å². The number of aliphatic carboxylic acids is 1. The predicted molar refractivity (Wildman–Crippen MR) is 60.4 cm³/mol. The number of carboxylic acids is 1. The fourth-order valence-corrected chi connectivity index (χ4v) is 1.01. The highest BCUT2D eigenvalue weighted by Gasteiger charge is 1.92. The second-order valence-corrected chi connectivity index (χ2v) is 3.04. The molecule has 1 aromatic heterocycles. The number of hydrogen-bond donors (Lipinski definition) is 1. The average Bonchev–Trinajstić information content (AvgIpc) is 2.29. The Morgan fingerprint density at radius 3 is 2.50 bits per heavy atom. The summed E-state index contributed by atoms with van der Waals surface area (Å²) in [5, 5.41) is 8.67. The van der Waals surface area contributed by atoms with E-state index in [0.29, 0.717) is 5.58 Å². The highest BCUT2D eigenvalue weighted by Crippen LogP contribution is 2.08. The zero-order valence-corrected chi connectivity index (χ0v) is 8.84. The largest absolute Gasteiger partial charge is 0.481 e. The summed E-state index contributed by atoms with van der Waals surface area (Å²) in [4.78, 5) is 20.1. The van der Waals surface area contributed by atoms with Gasteiger partial charge in [-0.1, -0.05) is 25.1 Å². The van der Waals surface area contributed by atoms with Crippen LogP contribution in [0.5, 0.6) is 0 Å². The maximum Gasteiger partial charge on any atom is 0.336 e. The van der Waals surface area contributed by atoms with Crippen LogP contribution in [0.2, 0.25) is 0 Å². The molecule has 4 nitrogen and oxygen atoms in total. The lowest BCUT2D eigenvalue weighted by atomic mass is 10.2. The molecule has 0 aliphatic carbocycles. The van der Waals surface area contributed by atoms with Crippen LogP contribution in [0.25, 0.3) is 11.0 Å². The van der Waals surface area contributed by atoms with Crippen LogP contribution in [0.15, 0.2) is 45.6 Å². The smallest absolute Gasteiger partial charge is 0.336 e. The summed E-state index contributed by atoms with van der Waals surface area (Å²) in [6, 6.07) is 10.6. The number of rotatable bonds is 1. The van der Waals surface area contributed by atoms with Gasteiger partial charge in [0, 0.05) is 17.9 Å². The second-order valence-electron chi connectivity index (χ2n) is 3.04. The Kier molecular flexibility index (Phi) is 4.27. The zero-order valence-electron chi connectivity index (χ0n) is 8.84. The second kappa shape index (κ2) is 5.70. The lowest BCUT2D eigenvalue weighted by Crippen LogP contribution is -1.93. The molecule has 0 atom stereocenters. The Hall–Kier alpha value is -2.10. The van der Waals surface area contributed by atoms with Gasteiger partial charge in [-0.3, -0.25) is 4.79 Å². The molecule has 0 bridgehead atoms. The topological polar surface area (TPSA) is 67.5 Å². The van der Waals surface area contributed by atoms with Crippen molar-refractivity contribution >= 4 is 16.9 Å². The summed E-state index contributed by atoms with van der Waals surface area (Å²) in [6.07, 6.45) is 0.222. The minimum atomic E-state index is -0.745. The minimum Gasteiger partial charge on any atom is -0.481 e. The van der Waals surface area contributed by atoms with E-state index in [2.05, 4.69) is 0 Å². The molecule has 0 saturated heterocycles. The first-order chi connectivity index (χ1) is 7.63. The van der Waals surface area contributed by atoms with Crippen LogP contribution in [-0.2, 0) is 4.79 Å². The third-order valence-corrected chi connectivity index (χ3v) is 1.83. The quantitative estimate of drug-likeness (QED) is 0.748. The molecule has 0 spiro atoms. The van der Waals surface area contributed by atoms with E-state index in [-0.39, 0.29) is 12.0 Å². The summed E-state index contributed by atoms with van der Waals surface area (Å²) in [6.45, 7) is 1.60. The molecule has 84 valence electrons. The van der Waals surface area contributed by atoms with Gasteiger partial charge in [-0.25, -0.2) is 4.79 Å². The molecule has 0 fully saturated rings. The summed E-state index contributed by atoms with van der Waals surface area (Å²) >= 11 is 0. The normalized spacial score (nSPS) is 9.31. The van der Waals surface area contributed by atoms with Crippen molar-refractivity contribution < 1.29 is 14.3 Å². The SMILES string of the molecule is CCC(=O)O.O=c1ccc2ccccc2o1. The maximum absolute atomic E-state index is 10.7. The Balaban J connectivity index is 0.000000221.